The molecule has 6 heteroatoms. The SMILES string of the molecule is Cc1ccc(C#N)c(N2CCc3sccc3C2C(=O)O)n1. The lowest BCUT2D eigenvalue weighted by atomic mass is 9.99. The molecule has 1 unspecified atom stereocenters. The third-order valence-electron chi connectivity index (χ3n) is 3.61. The molecule has 1 aliphatic heterocycles. The minimum atomic E-state index is -0.915. The Hall–Kier alpha value is -2.39. The van der Waals surface area contributed by atoms with Crippen molar-refractivity contribution in [2.45, 2.75) is 19.4 Å². The van der Waals surface area contributed by atoms with Crippen molar-refractivity contribution >= 4 is 23.1 Å². The molecule has 0 radical (unpaired) electrons. The second-order valence-electron chi connectivity index (χ2n) is 4.92. The number of rotatable bonds is 2. The van der Waals surface area contributed by atoms with Gasteiger partial charge >= 0.3 is 5.97 Å². The van der Waals surface area contributed by atoms with Gasteiger partial charge in [0, 0.05) is 17.1 Å². The molecule has 0 saturated carbocycles. The van der Waals surface area contributed by atoms with Crippen molar-refractivity contribution in [2.75, 3.05) is 11.4 Å². The first kappa shape index (κ1) is 13.6. The Morgan fingerprint density at radius 2 is 2.33 bits per heavy atom. The summed E-state index contributed by atoms with van der Waals surface area (Å²) < 4.78 is 0. The number of fused-ring (bicyclic) bond motifs is 1. The number of carbonyl (C=O) groups is 1. The Balaban J connectivity index is 2.13. The second-order valence-corrected chi connectivity index (χ2v) is 5.92. The van der Waals surface area contributed by atoms with E-state index in [1.54, 1.807) is 28.4 Å². The van der Waals surface area contributed by atoms with Gasteiger partial charge in [-0.05, 0) is 42.5 Å². The zero-order valence-electron chi connectivity index (χ0n) is 11.4. The number of aliphatic carboxylic acids is 1. The molecule has 106 valence electrons. The first-order valence-corrected chi connectivity index (χ1v) is 7.43. The summed E-state index contributed by atoms with van der Waals surface area (Å²) in [4.78, 5) is 19.0. The summed E-state index contributed by atoms with van der Waals surface area (Å²) in [7, 11) is 0. The van der Waals surface area contributed by atoms with Crippen molar-refractivity contribution in [3.8, 4) is 6.07 Å². The third kappa shape index (κ3) is 2.26. The minimum Gasteiger partial charge on any atom is -0.479 e. The summed E-state index contributed by atoms with van der Waals surface area (Å²) in [5.74, 6) is -0.455. The maximum absolute atomic E-state index is 11.7. The smallest absolute Gasteiger partial charge is 0.331 e. The summed E-state index contributed by atoms with van der Waals surface area (Å²) in [6, 6.07) is 6.64. The lowest BCUT2D eigenvalue weighted by Gasteiger charge is -2.34. The Morgan fingerprint density at radius 3 is 3.05 bits per heavy atom. The van der Waals surface area contributed by atoms with Crippen LogP contribution in [-0.2, 0) is 11.2 Å². The van der Waals surface area contributed by atoms with Crippen molar-refractivity contribution in [3.05, 3.63) is 45.3 Å². The van der Waals surface area contributed by atoms with E-state index in [0.717, 1.165) is 22.6 Å². The first-order chi connectivity index (χ1) is 10.1. The number of hydrogen-bond donors (Lipinski definition) is 1. The van der Waals surface area contributed by atoms with Crippen LogP contribution in [0.25, 0.3) is 0 Å². The van der Waals surface area contributed by atoms with Crippen molar-refractivity contribution in [2.24, 2.45) is 0 Å². The number of pyridine rings is 1. The zero-order chi connectivity index (χ0) is 15.0. The van der Waals surface area contributed by atoms with Gasteiger partial charge < -0.3 is 10.0 Å². The average molecular weight is 299 g/mol. The average Bonchev–Trinajstić information content (AvgIpc) is 2.94. The number of hydrogen-bond acceptors (Lipinski definition) is 5. The van der Waals surface area contributed by atoms with E-state index in [9.17, 15) is 15.2 Å². The Morgan fingerprint density at radius 1 is 1.52 bits per heavy atom. The number of aryl methyl sites for hydroxylation is 1. The van der Waals surface area contributed by atoms with Gasteiger partial charge in [0.1, 0.15) is 11.9 Å². The quantitative estimate of drug-likeness (QED) is 0.922. The van der Waals surface area contributed by atoms with Gasteiger partial charge in [0.2, 0.25) is 0 Å². The molecule has 3 heterocycles. The van der Waals surface area contributed by atoms with E-state index in [1.165, 1.54) is 0 Å². The van der Waals surface area contributed by atoms with E-state index in [2.05, 4.69) is 11.1 Å². The molecule has 0 bridgehead atoms. The normalized spacial score (nSPS) is 17.1. The highest BCUT2D eigenvalue weighted by molar-refractivity contribution is 7.10. The lowest BCUT2D eigenvalue weighted by molar-refractivity contribution is -0.138. The van der Waals surface area contributed by atoms with Crippen molar-refractivity contribution in [1.29, 1.82) is 5.26 Å². The van der Waals surface area contributed by atoms with Gasteiger partial charge in [-0.2, -0.15) is 5.26 Å². The molecule has 0 aromatic carbocycles. The molecular formula is C15H13N3O2S. The summed E-state index contributed by atoms with van der Waals surface area (Å²) >= 11 is 1.58. The van der Waals surface area contributed by atoms with Gasteiger partial charge in [0.05, 0.1) is 5.56 Å². The largest absolute Gasteiger partial charge is 0.479 e. The second kappa shape index (κ2) is 5.19. The molecule has 5 nitrogen and oxygen atoms in total. The molecule has 0 fully saturated rings. The van der Waals surface area contributed by atoms with E-state index < -0.39 is 12.0 Å². The maximum atomic E-state index is 11.7. The van der Waals surface area contributed by atoms with Gasteiger partial charge in [0.25, 0.3) is 0 Å². The highest BCUT2D eigenvalue weighted by Crippen LogP contribution is 2.36. The lowest BCUT2D eigenvalue weighted by Crippen LogP contribution is -2.40. The number of anilines is 1. The molecule has 1 aliphatic rings. The molecule has 0 saturated heterocycles. The van der Waals surface area contributed by atoms with Crippen LogP contribution in [0.2, 0.25) is 0 Å². The van der Waals surface area contributed by atoms with Crippen LogP contribution in [0.3, 0.4) is 0 Å². The number of aromatic nitrogens is 1. The number of nitriles is 1. The van der Waals surface area contributed by atoms with Crippen molar-refractivity contribution < 1.29 is 9.90 Å². The Labute approximate surface area is 126 Å². The van der Waals surface area contributed by atoms with Gasteiger partial charge in [-0.25, -0.2) is 9.78 Å². The number of carboxylic acids is 1. The number of nitrogens with zero attached hydrogens (tertiary/aromatic N) is 3. The molecule has 0 aliphatic carbocycles. The van der Waals surface area contributed by atoms with Crippen LogP contribution in [0, 0.1) is 18.3 Å². The summed E-state index contributed by atoms with van der Waals surface area (Å²) in [6.07, 6.45) is 0.775. The molecule has 2 aromatic heterocycles. The van der Waals surface area contributed by atoms with Gasteiger partial charge in [0.15, 0.2) is 6.04 Å². The fourth-order valence-corrected chi connectivity index (χ4v) is 3.56. The first-order valence-electron chi connectivity index (χ1n) is 6.55. The predicted octanol–water partition coefficient (Wildman–Crippen LogP) is 2.51. The monoisotopic (exact) mass is 299 g/mol. The summed E-state index contributed by atoms with van der Waals surface area (Å²) in [5, 5.41) is 20.8. The molecule has 2 aromatic rings. The van der Waals surface area contributed by atoms with Gasteiger partial charge in [-0.15, -0.1) is 11.3 Å². The van der Waals surface area contributed by atoms with Gasteiger partial charge in [-0.1, -0.05) is 0 Å². The predicted molar refractivity (Wildman–Crippen MR) is 79.4 cm³/mol. The van der Waals surface area contributed by atoms with E-state index in [-0.39, 0.29) is 0 Å². The number of carboxylic acid groups (broad SMARTS) is 1. The molecule has 0 amide bonds. The van der Waals surface area contributed by atoms with Crippen LogP contribution in [0.15, 0.2) is 23.6 Å². The van der Waals surface area contributed by atoms with E-state index in [4.69, 9.17) is 0 Å². The summed E-state index contributed by atoms with van der Waals surface area (Å²) in [5.41, 5.74) is 1.99. The molecule has 21 heavy (non-hydrogen) atoms. The van der Waals surface area contributed by atoms with Crippen LogP contribution >= 0.6 is 11.3 Å². The third-order valence-corrected chi connectivity index (χ3v) is 4.60. The molecule has 0 spiro atoms. The highest BCUT2D eigenvalue weighted by atomic mass is 32.1. The molecular weight excluding hydrogens is 286 g/mol. The fourth-order valence-electron chi connectivity index (χ4n) is 2.66. The topological polar surface area (TPSA) is 77.2 Å². The highest BCUT2D eigenvalue weighted by Gasteiger charge is 2.35. The molecule has 1 N–H and O–H groups in total. The molecule has 1 atom stereocenters. The van der Waals surface area contributed by atoms with Crippen LogP contribution < -0.4 is 4.90 Å². The van der Waals surface area contributed by atoms with Crippen LogP contribution in [0.4, 0.5) is 5.82 Å². The fraction of sp³-hybridized carbons (Fsp3) is 0.267. The van der Waals surface area contributed by atoms with Crippen molar-refractivity contribution in [3.63, 3.8) is 0 Å². The van der Waals surface area contributed by atoms with E-state index in [1.807, 2.05) is 18.4 Å². The maximum Gasteiger partial charge on any atom is 0.331 e. The summed E-state index contributed by atoms with van der Waals surface area (Å²) in [6.45, 7) is 2.38. The van der Waals surface area contributed by atoms with Crippen LogP contribution in [0.1, 0.15) is 27.7 Å². The van der Waals surface area contributed by atoms with Crippen LogP contribution in [-0.4, -0.2) is 22.6 Å². The minimum absolute atomic E-state index is 0.408. The standard InChI is InChI=1S/C15H13N3O2S/c1-9-2-3-10(8-16)14(17-9)18-6-4-12-11(5-7-21-12)13(18)15(19)20/h2-3,5,7,13H,4,6H2,1H3,(H,19,20). The van der Waals surface area contributed by atoms with E-state index >= 15 is 0 Å². The van der Waals surface area contributed by atoms with Gasteiger partial charge in [-0.3, -0.25) is 0 Å². The Bertz CT molecular complexity index is 748. The number of thiophene rings is 1. The van der Waals surface area contributed by atoms with Crippen LogP contribution in [0.5, 0.6) is 0 Å². The molecule has 3 rings (SSSR count). The Kier molecular flexibility index (Phi) is 3.35. The van der Waals surface area contributed by atoms with E-state index in [0.29, 0.717) is 17.9 Å². The zero-order valence-corrected chi connectivity index (χ0v) is 12.2. The van der Waals surface area contributed by atoms with Crippen molar-refractivity contribution in [1.82, 2.24) is 4.98 Å².